The Morgan fingerprint density at radius 2 is 1.56 bits per heavy atom. The quantitative estimate of drug-likeness (QED) is 0.248. The van der Waals surface area contributed by atoms with Crippen LogP contribution in [0.4, 0.5) is 28.4 Å². The highest BCUT2D eigenvalue weighted by Gasteiger charge is 2.46. The predicted octanol–water partition coefficient (Wildman–Crippen LogP) is 5.74. The van der Waals surface area contributed by atoms with E-state index in [1.165, 1.54) is 19.2 Å². The number of hydrogen-bond donors (Lipinski definition) is 3. The number of piperidine rings is 1. The Hall–Kier alpha value is -5.32. The summed E-state index contributed by atoms with van der Waals surface area (Å²) in [6, 6.07) is 11.3. The largest absolute Gasteiger partial charge is 0.573 e. The molecule has 1 aromatic heterocycles. The normalized spacial score (nSPS) is 22.7. The minimum atomic E-state index is -4.97. The Bertz CT molecular complexity index is 1970. The molecule has 0 spiro atoms. The number of alkyl carbamates (subject to hydrolysis) is 1. The van der Waals surface area contributed by atoms with Gasteiger partial charge < -0.3 is 39.8 Å². The van der Waals surface area contributed by atoms with Gasteiger partial charge in [0.1, 0.15) is 18.1 Å². The highest BCUT2D eigenvalue weighted by molar-refractivity contribution is 5.91. The van der Waals surface area contributed by atoms with Gasteiger partial charge in [0.05, 0.1) is 25.0 Å². The zero-order valence-corrected chi connectivity index (χ0v) is 31.7. The van der Waals surface area contributed by atoms with Crippen molar-refractivity contribution in [1.82, 2.24) is 34.9 Å². The number of alkyl halides is 3. The minimum Gasteiger partial charge on any atom is -0.453 e. The first kappa shape index (κ1) is 38.5. The van der Waals surface area contributed by atoms with E-state index in [9.17, 15) is 32.3 Å². The molecule has 1 aliphatic carbocycles. The van der Waals surface area contributed by atoms with Crippen LogP contribution in [0.3, 0.4) is 0 Å². The number of aromatic nitrogens is 2. The number of H-pyrrole nitrogens is 1. The first-order valence-electron chi connectivity index (χ1n) is 19.7. The SMILES string of the molecule is COC(=O)NCC(=O)N1CCCC1c1ncc(-c2ccc(-c3ccc(NC(=O)N4CC5CCC(C4)N5C4CCN(C(=O)C5CC5)CC4)cc3OC(F)(F)F)cc2)[nH]1. The molecule has 17 heteroatoms. The second kappa shape index (κ2) is 15.9. The number of ether oxygens (including phenoxy) is 2. The molecule has 4 saturated heterocycles. The van der Waals surface area contributed by atoms with E-state index in [0.717, 1.165) is 63.6 Å². The number of nitrogens with one attached hydrogen (secondary N) is 3. The van der Waals surface area contributed by atoms with Gasteiger partial charge in [0.15, 0.2) is 0 Å². The monoisotopic (exact) mass is 792 g/mol. The number of nitrogens with zero attached hydrogens (tertiary/aromatic N) is 5. The van der Waals surface area contributed by atoms with Crippen LogP contribution >= 0.6 is 0 Å². The lowest BCUT2D eigenvalue weighted by Crippen LogP contribution is -2.60. The Kier molecular flexibility index (Phi) is 10.8. The number of methoxy groups -OCH3 is 1. The van der Waals surface area contributed by atoms with Crippen LogP contribution in [-0.4, -0.2) is 124 Å². The van der Waals surface area contributed by atoms with Crippen molar-refractivity contribution >= 4 is 29.6 Å². The number of anilines is 1. The van der Waals surface area contributed by atoms with Crippen molar-refractivity contribution in [3.05, 3.63) is 54.5 Å². The fourth-order valence-corrected chi connectivity index (χ4v) is 9.07. The van der Waals surface area contributed by atoms with Gasteiger partial charge in [-0.25, -0.2) is 14.6 Å². The number of aromatic amines is 1. The van der Waals surface area contributed by atoms with E-state index >= 15 is 0 Å². The standard InChI is InChI=1S/C40H47F3N8O6/c1-56-39(55)45-21-35(52)50-16-2-3-33(50)36-44-20-32(47-36)25-6-4-24(5-7-25)31-13-10-27(19-34(31)57-40(41,42)43)46-38(54)49-22-29-11-12-30(23-49)51(29)28-14-17-48(18-15-28)37(53)26-8-9-26/h4-7,10,13,19-20,26,28-30,33H,2-3,8-9,11-12,14-18,21-23H2,1H3,(H,44,47)(H,45,55)(H,46,54). The topological polar surface area (TPSA) is 152 Å². The minimum absolute atomic E-state index is 0.188. The predicted molar refractivity (Wildman–Crippen MR) is 202 cm³/mol. The number of carbonyl (C=O) groups is 4. The second-order valence-electron chi connectivity index (χ2n) is 15.6. The van der Waals surface area contributed by atoms with E-state index in [1.807, 2.05) is 4.90 Å². The lowest BCUT2D eigenvalue weighted by atomic mass is 9.99. The van der Waals surface area contributed by atoms with Gasteiger partial charge in [-0.05, 0) is 74.6 Å². The van der Waals surface area contributed by atoms with Gasteiger partial charge in [-0.2, -0.15) is 0 Å². The number of fused-ring (bicyclic) bond motifs is 2. The van der Waals surface area contributed by atoms with E-state index in [0.29, 0.717) is 55.1 Å². The van der Waals surface area contributed by atoms with Crippen molar-refractivity contribution in [2.45, 2.75) is 81.9 Å². The number of piperazine rings is 1. The molecule has 8 rings (SSSR count). The number of urea groups is 1. The molecular formula is C40H47F3N8O6. The summed E-state index contributed by atoms with van der Waals surface area (Å²) < 4.78 is 50.1. The Balaban J connectivity index is 0.907. The Morgan fingerprint density at radius 1 is 0.860 bits per heavy atom. The van der Waals surface area contributed by atoms with Crippen molar-refractivity contribution < 1.29 is 41.8 Å². The zero-order valence-electron chi connectivity index (χ0n) is 31.7. The summed E-state index contributed by atoms with van der Waals surface area (Å²) in [6.07, 6.45) is 3.27. The molecule has 2 bridgehead atoms. The Labute approximate surface area is 328 Å². The molecular weight excluding hydrogens is 745 g/mol. The summed E-state index contributed by atoms with van der Waals surface area (Å²) in [5.41, 5.74) is 2.24. The van der Waals surface area contributed by atoms with Gasteiger partial charge in [0, 0.05) is 74.1 Å². The van der Waals surface area contributed by atoms with Gasteiger partial charge in [-0.1, -0.05) is 24.3 Å². The van der Waals surface area contributed by atoms with E-state index < -0.39 is 18.2 Å². The van der Waals surface area contributed by atoms with Gasteiger partial charge in [-0.3, -0.25) is 14.5 Å². The number of benzene rings is 2. The van der Waals surface area contributed by atoms with Crippen LogP contribution in [-0.2, 0) is 14.3 Å². The van der Waals surface area contributed by atoms with Crippen LogP contribution < -0.4 is 15.4 Å². The number of hydrogen-bond acceptors (Lipinski definition) is 8. The average molecular weight is 793 g/mol. The van der Waals surface area contributed by atoms with Crippen LogP contribution in [0.2, 0.25) is 0 Å². The van der Waals surface area contributed by atoms with Crippen LogP contribution in [0.5, 0.6) is 5.75 Å². The lowest BCUT2D eigenvalue weighted by Gasteiger charge is -2.47. The molecule has 1 saturated carbocycles. The smallest absolute Gasteiger partial charge is 0.453 e. The number of rotatable bonds is 9. The number of halogens is 3. The fraction of sp³-hybridized carbons (Fsp3) is 0.525. The van der Waals surface area contributed by atoms with E-state index in [1.54, 1.807) is 46.3 Å². The number of imidazole rings is 1. The van der Waals surface area contributed by atoms with E-state index in [-0.39, 0.29) is 53.8 Å². The molecule has 3 atom stereocenters. The highest BCUT2D eigenvalue weighted by Crippen LogP contribution is 2.39. The molecule has 2 aromatic carbocycles. The first-order chi connectivity index (χ1) is 27.4. The molecule has 14 nitrogen and oxygen atoms in total. The van der Waals surface area contributed by atoms with Gasteiger partial charge >= 0.3 is 18.5 Å². The molecule has 57 heavy (non-hydrogen) atoms. The molecule has 4 aliphatic heterocycles. The second-order valence-corrected chi connectivity index (χ2v) is 15.6. The molecule has 5 aliphatic rings. The maximum atomic E-state index is 13.7. The zero-order chi connectivity index (χ0) is 39.8. The van der Waals surface area contributed by atoms with Crippen LogP contribution in [0.1, 0.15) is 63.2 Å². The summed E-state index contributed by atoms with van der Waals surface area (Å²) >= 11 is 0. The molecule has 5 heterocycles. The van der Waals surface area contributed by atoms with E-state index in [2.05, 4.69) is 35.0 Å². The molecule has 304 valence electrons. The molecule has 0 radical (unpaired) electrons. The van der Waals surface area contributed by atoms with Crippen LogP contribution in [0, 0.1) is 5.92 Å². The highest BCUT2D eigenvalue weighted by atomic mass is 19.4. The maximum absolute atomic E-state index is 13.7. The van der Waals surface area contributed by atoms with Gasteiger partial charge in [-0.15, -0.1) is 13.2 Å². The summed E-state index contributed by atoms with van der Waals surface area (Å²) in [5, 5.41) is 5.22. The fourth-order valence-electron chi connectivity index (χ4n) is 9.07. The molecule has 5 amide bonds. The average Bonchev–Trinajstić information content (AvgIpc) is 3.60. The van der Waals surface area contributed by atoms with Crippen molar-refractivity contribution in [2.24, 2.45) is 5.92 Å². The van der Waals surface area contributed by atoms with Crippen molar-refractivity contribution in [1.29, 1.82) is 0 Å². The first-order valence-corrected chi connectivity index (χ1v) is 19.7. The summed E-state index contributed by atoms with van der Waals surface area (Å²) in [4.78, 5) is 66.1. The maximum Gasteiger partial charge on any atom is 0.573 e. The third kappa shape index (κ3) is 8.53. The molecule has 3 N–H and O–H groups in total. The number of carbonyl (C=O) groups excluding carboxylic acids is 4. The van der Waals surface area contributed by atoms with Crippen molar-refractivity contribution in [2.75, 3.05) is 51.7 Å². The van der Waals surface area contributed by atoms with Gasteiger partial charge in [0.25, 0.3) is 0 Å². The molecule has 5 fully saturated rings. The number of amides is 5. The van der Waals surface area contributed by atoms with Crippen LogP contribution in [0.15, 0.2) is 48.7 Å². The van der Waals surface area contributed by atoms with E-state index in [4.69, 9.17) is 0 Å². The van der Waals surface area contributed by atoms with Crippen LogP contribution in [0.25, 0.3) is 22.4 Å². The molecule has 3 unspecified atom stereocenters. The van der Waals surface area contributed by atoms with Crippen molar-refractivity contribution in [3.63, 3.8) is 0 Å². The lowest BCUT2D eigenvalue weighted by molar-refractivity contribution is -0.274. The van der Waals surface area contributed by atoms with Gasteiger partial charge in [0.2, 0.25) is 11.8 Å². The van der Waals surface area contributed by atoms with Crippen molar-refractivity contribution in [3.8, 4) is 28.1 Å². The third-order valence-corrected chi connectivity index (χ3v) is 12.0. The summed E-state index contributed by atoms with van der Waals surface area (Å²) in [6.45, 7) is 2.93. The molecule has 3 aromatic rings. The summed E-state index contributed by atoms with van der Waals surface area (Å²) in [7, 11) is 1.22. The number of likely N-dealkylation sites (tertiary alicyclic amines) is 3. The Morgan fingerprint density at radius 3 is 2.23 bits per heavy atom. The third-order valence-electron chi connectivity index (χ3n) is 12.0. The summed E-state index contributed by atoms with van der Waals surface area (Å²) in [5.74, 6) is 0.406.